The first kappa shape index (κ1) is 25.5. The van der Waals surface area contributed by atoms with Crippen LogP contribution in [0.5, 0.6) is 0 Å². The van der Waals surface area contributed by atoms with Gasteiger partial charge in [-0.3, -0.25) is 9.59 Å². The summed E-state index contributed by atoms with van der Waals surface area (Å²) in [5, 5.41) is 8.26. The molecule has 2 aliphatic heterocycles. The fourth-order valence-electron chi connectivity index (χ4n) is 5.69. The van der Waals surface area contributed by atoms with Crippen LogP contribution in [0.1, 0.15) is 16.7 Å². The molecule has 39 heavy (non-hydrogen) atoms. The Hall–Kier alpha value is -3.81. The molecule has 1 fully saturated rings. The number of H-pyrrole nitrogens is 1. The minimum absolute atomic E-state index is 0.0489. The molecule has 4 aromatic rings. The number of aromatic amines is 1. The minimum Gasteiger partial charge on any atom is -0.366 e. The standard InChI is InChI=1S/C31H32ClN5O2/c32-25-10-8-21(9-11-25)18-27(35-30(38)26-19-23-4-1-2-5-24(23)20-34-26)31(39)37-16-14-36(15-17-37)28-7-3-6-22-12-13-33-29(22)28/h1-13,26-27,33-34H,14-20H2,(H,35,38)/t26-,27-/m1/s1. The van der Waals surface area contributed by atoms with Crippen LogP contribution in [0.15, 0.2) is 79.0 Å². The third-order valence-electron chi connectivity index (χ3n) is 7.86. The highest BCUT2D eigenvalue weighted by Gasteiger charge is 2.32. The summed E-state index contributed by atoms with van der Waals surface area (Å²) >= 11 is 6.09. The normalized spacial score (nSPS) is 18.0. The topological polar surface area (TPSA) is 80.5 Å². The second-order valence-electron chi connectivity index (χ2n) is 10.3. The Bertz CT molecular complexity index is 1480. The maximum Gasteiger partial charge on any atom is 0.245 e. The number of aromatic nitrogens is 1. The van der Waals surface area contributed by atoms with E-state index in [1.54, 1.807) is 0 Å². The summed E-state index contributed by atoms with van der Waals surface area (Å²) in [5.41, 5.74) is 5.61. The van der Waals surface area contributed by atoms with Gasteiger partial charge in [0.15, 0.2) is 0 Å². The van der Waals surface area contributed by atoms with E-state index in [0.717, 1.165) is 29.9 Å². The lowest BCUT2D eigenvalue weighted by atomic mass is 9.95. The predicted octanol–water partition coefficient (Wildman–Crippen LogP) is 3.91. The third-order valence-corrected chi connectivity index (χ3v) is 8.11. The van der Waals surface area contributed by atoms with E-state index in [1.165, 1.54) is 16.5 Å². The number of hydrogen-bond acceptors (Lipinski definition) is 4. The van der Waals surface area contributed by atoms with E-state index in [1.807, 2.05) is 47.5 Å². The predicted molar refractivity (Wildman–Crippen MR) is 155 cm³/mol. The van der Waals surface area contributed by atoms with Crippen molar-refractivity contribution in [2.75, 3.05) is 31.1 Å². The quantitative estimate of drug-likeness (QED) is 0.346. The Morgan fingerprint density at radius 2 is 1.69 bits per heavy atom. The van der Waals surface area contributed by atoms with Gasteiger partial charge in [-0.25, -0.2) is 0 Å². The van der Waals surface area contributed by atoms with Gasteiger partial charge in [0.25, 0.3) is 0 Å². The first-order chi connectivity index (χ1) is 19.0. The van der Waals surface area contributed by atoms with Crippen LogP contribution < -0.4 is 15.5 Å². The molecule has 2 aliphatic rings. The molecule has 2 atom stereocenters. The van der Waals surface area contributed by atoms with E-state index < -0.39 is 6.04 Å². The van der Waals surface area contributed by atoms with Gasteiger partial charge < -0.3 is 25.4 Å². The van der Waals surface area contributed by atoms with Crippen molar-refractivity contribution in [3.8, 4) is 0 Å². The van der Waals surface area contributed by atoms with Crippen molar-refractivity contribution in [2.45, 2.75) is 31.5 Å². The summed E-state index contributed by atoms with van der Waals surface area (Å²) in [6.07, 6.45) is 2.97. The lowest BCUT2D eigenvalue weighted by Crippen LogP contribution is -2.58. The second kappa shape index (κ2) is 11.1. The number of amides is 2. The Morgan fingerprint density at radius 1 is 0.923 bits per heavy atom. The monoisotopic (exact) mass is 541 g/mol. The number of fused-ring (bicyclic) bond motifs is 2. The highest BCUT2D eigenvalue weighted by atomic mass is 35.5. The molecular weight excluding hydrogens is 510 g/mol. The van der Waals surface area contributed by atoms with Crippen molar-refractivity contribution in [3.63, 3.8) is 0 Å². The number of benzene rings is 3. The molecule has 1 saturated heterocycles. The fourth-order valence-corrected chi connectivity index (χ4v) is 5.81. The van der Waals surface area contributed by atoms with Crippen LogP contribution in [0.3, 0.4) is 0 Å². The fraction of sp³-hybridized carbons (Fsp3) is 0.290. The molecule has 8 heteroatoms. The van der Waals surface area contributed by atoms with Crippen LogP contribution in [0, 0.1) is 0 Å². The largest absolute Gasteiger partial charge is 0.366 e. The summed E-state index contributed by atoms with van der Waals surface area (Å²) in [5.74, 6) is -0.193. The summed E-state index contributed by atoms with van der Waals surface area (Å²) in [6, 6.07) is 23.0. The molecule has 1 aromatic heterocycles. The first-order valence-electron chi connectivity index (χ1n) is 13.5. The molecule has 3 aromatic carbocycles. The van der Waals surface area contributed by atoms with E-state index in [0.29, 0.717) is 37.5 Å². The Labute approximate surface area is 233 Å². The van der Waals surface area contributed by atoms with Gasteiger partial charge in [0.05, 0.1) is 17.2 Å². The number of nitrogens with one attached hydrogen (secondary N) is 3. The van der Waals surface area contributed by atoms with Crippen LogP contribution in [-0.4, -0.2) is 60.0 Å². The minimum atomic E-state index is -0.656. The maximum absolute atomic E-state index is 13.8. The SMILES string of the molecule is O=C(N[C@H](Cc1ccc(Cl)cc1)C(=O)N1CCN(c2cccc3cc[nH]c23)CC1)[C@H]1Cc2ccccc2CN1. The van der Waals surface area contributed by atoms with Gasteiger partial charge in [-0.2, -0.15) is 0 Å². The van der Waals surface area contributed by atoms with Crippen LogP contribution in [0.2, 0.25) is 5.02 Å². The summed E-state index contributed by atoms with van der Waals surface area (Å²) in [4.78, 5) is 34.8. The average molecular weight is 542 g/mol. The van der Waals surface area contributed by atoms with E-state index in [2.05, 4.69) is 56.9 Å². The molecule has 0 unspecified atom stereocenters. The van der Waals surface area contributed by atoms with Gasteiger partial charge in [-0.05, 0) is 47.4 Å². The number of para-hydroxylation sites is 1. The van der Waals surface area contributed by atoms with Gasteiger partial charge in [-0.15, -0.1) is 0 Å². The number of halogens is 1. The molecule has 6 rings (SSSR count). The molecule has 3 N–H and O–H groups in total. The summed E-state index contributed by atoms with van der Waals surface area (Å²) < 4.78 is 0. The summed E-state index contributed by atoms with van der Waals surface area (Å²) in [6.45, 7) is 3.29. The van der Waals surface area contributed by atoms with Crippen molar-refractivity contribution in [1.29, 1.82) is 0 Å². The zero-order valence-corrected chi connectivity index (χ0v) is 22.5. The Kier molecular flexibility index (Phi) is 7.26. The first-order valence-corrected chi connectivity index (χ1v) is 13.9. The number of hydrogen-bond donors (Lipinski definition) is 3. The number of anilines is 1. The third kappa shape index (κ3) is 5.51. The van der Waals surface area contributed by atoms with E-state index in [4.69, 9.17) is 11.6 Å². The molecule has 0 aliphatic carbocycles. The maximum atomic E-state index is 13.8. The second-order valence-corrected chi connectivity index (χ2v) is 10.8. The van der Waals surface area contributed by atoms with Crippen LogP contribution in [0.4, 0.5) is 5.69 Å². The molecule has 0 spiro atoms. The number of rotatable bonds is 6. The van der Waals surface area contributed by atoms with Gasteiger partial charge in [0.1, 0.15) is 6.04 Å². The molecule has 7 nitrogen and oxygen atoms in total. The van der Waals surface area contributed by atoms with Crippen molar-refractivity contribution in [2.24, 2.45) is 0 Å². The van der Waals surface area contributed by atoms with E-state index in [-0.39, 0.29) is 17.9 Å². The van der Waals surface area contributed by atoms with E-state index in [9.17, 15) is 9.59 Å². The van der Waals surface area contributed by atoms with Gasteiger partial charge in [0, 0.05) is 55.8 Å². The molecule has 200 valence electrons. The number of piperazine rings is 1. The van der Waals surface area contributed by atoms with Crippen LogP contribution >= 0.6 is 11.6 Å². The average Bonchev–Trinajstić information content (AvgIpc) is 3.47. The number of nitrogens with zero attached hydrogens (tertiary/aromatic N) is 2. The molecular formula is C31H32ClN5O2. The molecule has 2 amide bonds. The molecule has 0 saturated carbocycles. The van der Waals surface area contributed by atoms with Crippen molar-refractivity contribution >= 4 is 40.0 Å². The van der Waals surface area contributed by atoms with Crippen LogP contribution in [0.25, 0.3) is 10.9 Å². The molecule has 3 heterocycles. The van der Waals surface area contributed by atoms with Crippen molar-refractivity contribution in [1.82, 2.24) is 20.5 Å². The van der Waals surface area contributed by atoms with Crippen molar-refractivity contribution < 1.29 is 9.59 Å². The number of carbonyl (C=O) groups is 2. The Morgan fingerprint density at radius 3 is 2.49 bits per heavy atom. The smallest absolute Gasteiger partial charge is 0.245 e. The van der Waals surface area contributed by atoms with Gasteiger partial charge >= 0.3 is 0 Å². The lowest BCUT2D eigenvalue weighted by Gasteiger charge is -2.38. The van der Waals surface area contributed by atoms with Gasteiger partial charge in [-0.1, -0.05) is 60.1 Å². The molecule has 0 bridgehead atoms. The number of carbonyl (C=O) groups excluding carboxylic acids is 2. The van der Waals surface area contributed by atoms with Gasteiger partial charge in [0.2, 0.25) is 11.8 Å². The van der Waals surface area contributed by atoms with Crippen molar-refractivity contribution in [3.05, 3.63) is 101 Å². The lowest BCUT2D eigenvalue weighted by molar-refractivity contribution is -0.137. The van der Waals surface area contributed by atoms with E-state index >= 15 is 0 Å². The summed E-state index contributed by atoms with van der Waals surface area (Å²) in [7, 11) is 0. The highest BCUT2D eigenvalue weighted by Crippen LogP contribution is 2.26. The highest BCUT2D eigenvalue weighted by molar-refractivity contribution is 6.30. The zero-order valence-electron chi connectivity index (χ0n) is 21.7. The van der Waals surface area contributed by atoms with Crippen LogP contribution in [-0.2, 0) is 29.0 Å². The Balaban J connectivity index is 1.16. The molecule has 0 radical (unpaired) electrons. The zero-order chi connectivity index (χ0) is 26.8.